The van der Waals surface area contributed by atoms with Crippen LogP contribution in [0.3, 0.4) is 0 Å². The topological polar surface area (TPSA) is 29.1 Å². The number of ketones is 1. The predicted molar refractivity (Wildman–Crippen MR) is 45.9 cm³/mol. The molecule has 0 aromatic heterocycles. The maximum absolute atomic E-state index is 11.8. The zero-order chi connectivity index (χ0) is 10.6. The van der Waals surface area contributed by atoms with Gasteiger partial charge in [-0.15, -0.1) is 0 Å². The number of rotatable bonds is 4. The van der Waals surface area contributed by atoms with Gasteiger partial charge in [0.15, 0.2) is 0 Å². The zero-order valence-electron chi connectivity index (χ0n) is 7.86. The Labute approximate surface area is 80.9 Å². The molecule has 0 saturated carbocycles. The van der Waals surface area contributed by atoms with Gasteiger partial charge in [0, 0.05) is 25.3 Å². The number of nitrogens with one attached hydrogen (secondary N) is 1. The van der Waals surface area contributed by atoms with Crippen molar-refractivity contribution < 1.29 is 18.0 Å². The van der Waals surface area contributed by atoms with Crippen LogP contribution >= 0.6 is 0 Å². The van der Waals surface area contributed by atoms with Gasteiger partial charge in [-0.05, 0) is 19.4 Å². The normalized spacial score (nSPS) is 22.6. The van der Waals surface area contributed by atoms with Crippen molar-refractivity contribution in [2.75, 3.05) is 13.1 Å². The first kappa shape index (κ1) is 11.5. The number of halogens is 3. The lowest BCUT2D eigenvalue weighted by atomic mass is 9.99. The molecule has 1 saturated heterocycles. The van der Waals surface area contributed by atoms with Gasteiger partial charge in [-0.25, -0.2) is 0 Å². The highest BCUT2D eigenvalue weighted by atomic mass is 19.4. The second kappa shape index (κ2) is 4.77. The minimum absolute atomic E-state index is 0.0285. The fraction of sp³-hybridized carbons (Fsp3) is 0.889. The molecule has 14 heavy (non-hydrogen) atoms. The molecule has 0 aromatic rings. The van der Waals surface area contributed by atoms with E-state index in [1.54, 1.807) is 0 Å². The highest BCUT2D eigenvalue weighted by Crippen LogP contribution is 2.23. The highest BCUT2D eigenvalue weighted by molar-refractivity contribution is 5.81. The number of hydrogen-bond donors (Lipinski definition) is 1. The van der Waals surface area contributed by atoms with Crippen LogP contribution in [0.4, 0.5) is 13.2 Å². The molecule has 1 fully saturated rings. The van der Waals surface area contributed by atoms with Crippen molar-refractivity contribution in [3.8, 4) is 0 Å². The smallest absolute Gasteiger partial charge is 0.316 e. The molecule has 1 unspecified atom stereocenters. The average Bonchev–Trinajstić information content (AvgIpc) is 2.53. The van der Waals surface area contributed by atoms with Crippen LogP contribution in [-0.4, -0.2) is 25.0 Å². The van der Waals surface area contributed by atoms with E-state index in [9.17, 15) is 18.0 Å². The summed E-state index contributed by atoms with van der Waals surface area (Å²) < 4.78 is 35.3. The Morgan fingerprint density at radius 2 is 2.14 bits per heavy atom. The van der Waals surface area contributed by atoms with Gasteiger partial charge in [0.2, 0.25) is 0 Å². The third-order valence-corrected chi connectivity index (χ3v) is 2.40. The Morgan fingerprint density at radius 1 is 1.43 bits per heavy atom. The molecule has 0 radical (unpaired) electrons. The van der Waals surface area contributed by atoms with Gasteiger partial charge in [0.05, 0.1) is 0 Å². The molecule has 1 rings (SSSR count). The quantitative estimate of drug-likeness (QED) is 0.766. The van der Waals surface area contributed by atoms with E-state index in [1.807, 2.05) is 0 Å². The summed E-state index contributed by atoms with van der Waals surface area (Å²) in [6.07, 6.45) is -4.22. The molecule has 0 amide bonds. The molecule has 1 heterocycles. The number of carbonyl (C=O) groups excluding carboxylic acids is 1. The van der Waals surface area contributed by atoms with Crippen molar-refractivity contribution in [3.63, 3.8) is 0 Å². The van der Waals surface area contributed by atoms with Crippen LogP contribution in [0.5, 0.6) is 0 Å². The van der Waals surface area contributed by atoms with Gasteiger partial charge in [-0.3, -0.25) is 4.79 Å². The molecule has 82 valence electrons. The van der Waals surface area contributed by atoms with E-state index in [0.717, 1.165) is 13.0 Å². The molecule has 0 bridgehead atoms. The largest absolute Gasteiger partial charge is 0.389 e. The Hall–Kier alpha value is -0.580. The van der Waals surface area contributed by atoms with Crippen molar-refractivity contribution >= 4 is 5.78 Å². The summed E-state index contributed by atoms with van der Waals surface area (Å²) in [7, 11) is 0. The van der Waals surface area contributed by atoms with E-state index in [4.69, 9.17) is 0 Å². The van der Waals surface area contributed by atoms with Gasteiger partial charge in [0.25, 0.3) is 0 Å². The van der Waals surface area contributed by atoms with Crippen LogP contribution in [0.2, 0.25) is 0 Å². The average molecular weight is 209 g/mol. The first-order chi connectivity index (χ1) is 6.49. The lowest BCUT2D eigenvalue weighted by molar-refractivity contribution is -0.137. The van der Waals surface area contributed by atoms with Gasteiger partial charge < -0.3 is 5.32 Å². The maximum Gasteiger partial charge on any atom is 0.389 e. The SMILES string of the molecule is O=C(CCCC(F)(F)F)C1CCNC1. The molecule has 0 spiro atoms. The molecule has 0 aliphatic carbocycles. The van der Waals surface area contributed by atoms with Gasteiger partial charge in [-0.1, -0.05) is 0 Å². The van der Waals surface area contributed by atoms with Crippen molar-refractivity contribution in [1.29, 1.82) is 0 Å². The van der Waals surface area contributed by atoms with Crippen molar-refractivity contribution in [2.45, 2.75) is 31.9 Å². The Balaban J connectivity index is 2.15. The lowest BCUT2D eigenvalue weighted by Gasteiger charge is -2.08. The van der Waals surface area contributed by atoms with Gasteiger partial charge in [-0.2, -0.15) is 13.2 Å². The maximum atomic E-state index is 11.8. The van der Waals surface area contributed by atoms with Gasteiger partial charge >= 0.3 is 6.18 Å². The van der Waals surface area contributed by atoms with Crippen molar-refractivity contribution in [3.05, 3.63) is 0 Å². The van der Waals surface area contributed by atoms with E-state index in [-0.39, 0.29) is 24.5 Å². The Kier molecular flexibility index (Phi) is 3.92. The van der Waals surface area contributed by atoms with Crippen LogP contribution < -0.4 is 5.32 Å². The monoisotopic (exact) mass is 209 g/mol. The van der Waals surface area contributed by atoms with E-state index in [1.165, 1.54) is 0 Å². The van der Waals surface area contributed by atoms with E-state index < -0.39 is 12.6 Å². The highest BCUT2D eigenvalue weighted by Gasteiger charge is 2.28. The third-order valence-electron chi connectivity index (χ3n) is 2.40. The van der Waals surface area contributed by atoms with Crippen LogP contribution in [-0.2, 0) is 4.79 Å². The molecule has 1 atom stereocenters. The Morgan fingerprint density at radius 3 is 2.64 bits per heavy atom. The van der Waals surface area contributed by atoms with Crippen LogP contribution in [0.25, 0.3) is 0 Å². The molecule has 1 aliphatic heterocycles. The third kappa shape index (κ3) is 4.09. The van der Waals surface area contributed by atoms with Crippen molar-refractivity contribution in [2.24, 2.45) is 5.92 Å². The predicted octanol–water partition coefficient (Wildman–Crippen LogP) is 1.90. The van der Waals surface area contributed by atoms with E-state index >= 15 is 0 Å². The summed E-state index contributed by atoms with van der Waals surface area (Å²) >= 11 is 0. The molecular formula is C9H14F3NO. The van der Waals surface area contributed by atoms with Crippen LogP contribution in [0.1, 0.15) is 25.7 Å². The molecule has 1 aliphatic rings. The Bertz CT molecular complexity index is 197. The lowest BCUT2D eigenvalue weighted by Crippen LogP contribution is -2.18. The molecule has 1 N–H and O–H groups in total. The minimum atomic E-state index is -4.13. The second-order valence-electron chi connectivity index (χ2n) is 3.62. The minimum Gasteiger partial charge on any atom is -0.316 e. The molecule has 2 nitrogen and oxygen atoms in total. The summed E-state index contributed by atoms with van der Waals surface area (Å²) in [5, 5.41) is 3.02. The number of Topliss-reactive ketones (excluding diaryl/α,β-unsaturated/α-hetero) is 1. The zero-order valence-corrected chi connectivity index (χ0v) is 7.86. The summed E-state index contributed by atoms with van der Waals surface area (Å²) in [6.45, 7) is 1.43. The number of carbonyl (C=O) groups is 1. The first-order valence-electron chi connectivity index (χ1n) is 4.79. The molecular weight excluding hydrogens is 195 g/mol. The van der Waals surface area contributed by atoms with E-state index in [0.29, 0.717) is 6.54 Å². The number of hydrogen-bond acceptors (Lipinski definition) is 2. The summed E-state index contributed by atoms with van der Waals surface area (Å²) in [5.74, 6) is -0.0810. The van der Waals surface area contributed by atoms with Crippen molar-refractivity contribution in [1.82, 2.24) is 5.32 Å². The van der Waals surface area contributed by atoms with E-state index in [2.05, 4.69) is 5.32 Å². The second-order valence-corrected chi connectivity index (χ2v) is 3.62. The van der Waals surface area contributed by atoms with Crippen LogP contribution in [0.15, 0.2) is 0 Å². The summed E-state index contributed by atoms with van der Waals surface area (Å²) in [6, 6.07) is 0. The summed E-state index contributed by atoms with van der Waals surface area (Å²) in [4.78, 5) is 11.3. The fourth-order valence-corrected chi connectivity index (χ4v) is 1.60. The van der Waals surface area contributed by atoms with Crippen LogP contribution in [0, 0.1) is 5.92 Å². The molecule has 0 aromatic carbocycles. The summed E-state index contributed by atoms with van der Waals surface area (Å²) in [5.41, 5.74) is 0. The fourth-order valence-electron chi connectivity index (χ4n) is 1.60. The standard InChI is InChI=1S/C9H14F3NO/c10-9(11,12)4-1-2-8(14)7-3-5-13-6-7/h7,13H,1-6H2. The molecule has 5 heteroatoms. The number of alkyl halides is 3. The first-order valence-corrected chi connectivity index (χ1v) is 4.79. The van der Waals surface area contributed by atoms with Gasteiger partial charge in [0.1, 0.15) is 5.78 Å².